The van der Waals surface area contributed by atoms with Gasteiger partial charge in [-0.3, -0.25) is 0 Å². The maximum atomic E-state index is 5.42. The minimum Gasteiger partial charge on any atom is -0.377 e. The van der Waals surface area contributed by atoms with Gasteiger partial charge >= 0.3 is 0 Å². The van der Waals surface area contributed by atoms with Crippen LogP contribution in [0, 0.1) is 0 Å². The molecule has 2 nitrogen and oxygen atoms in total. The Kier molecular flexibility index (Phi) is 5.70. The van der Waals surface area contributed by atoms with Gasteiger partial charge in [0.1, 0.15) is 0 Å². The molecule has 4 heteroatoms. The Balaban J connectivity index is 2.19. The topological polar surface area (TPSA) is 21.3 Å². The highest BCUT2D eigenvalue weighted by Crippen LogP contribution is 2.21. The monoisotopic (exact) mass is 277 g/mol. The maximum Gasteiger partial charge on any atom is 0.0671 e. The second-order valence-electron chi connectivity index (χ2n) is 3.09. The van der Waals surface area contributed by atoms with Gasteiger partial charge in [-0.1, -0.05) is 0 Å². The lowest BCUT2D eigenvalue weighted by Gasteiger charge is -2.11. The first-order chi connectivity index (χ1) is 6.74. The normalized spacial score (nSPS) is 13.1. The van der Waals surface area contributed by atoms with Crippen LogP contribution in [0.4, 0.5) is 0 Å². The van der Waals surface area contributed by atoms with Crippen LogP contribution in [0.2, 0.25) is 0 Å². The van der Waals surface area contributed by atoms with Gasteiger partial charge < -0.3 is 10.1 Å². The Morgan fingerprint density at radius 2 is 2.43 bits per heavy atom. The maximum absolute atomic E-state index is 5.42. The number of hydrogen-bond acceptors (Lipinski definition) is 3. The van der Waals surface area contributed by atoms with Crippen molar-refractivity contribution in [3.8, 4) is 0 Å². The van der Waals surface area contributed by atoms with Gasteiger partial charge in [-0.25, -0.2) is 0 Å². The van der Waals surface area contributed by atoms with E-state index in [2.05, 4.69) is 39.6 Å². The predicted octanol–water partition coefficient (Wildman–Crippen LogP) is 3.03. The van der Waals surface area contributed by atoms with Crippen molar-refractivity contribution in [3.63, 3.8) is 0 Å². The first-order valence-corrected chi connectivity index (χ1v) is 6.45. The van der Waals surface area contributed by atoms with Gasteiger partial charge in [0.2, 0.25) is 0 Å². The molecule has 0 aliphatic carbocycles. The van der Waals surface area contributed by atoms with Crippen LogP contribution in [0.25, 0.3) is 0 Å². The zero-order valence-corrected chi connectivity index (χ0v) is 11.0. The summed E-state index contributed by atoms with van der Waals surface area (Å²) in [7, 11) is 0. The molecule has 1 unspecified atom stereocenters. The Bertz CT molecular complexity index is 264. The van der Waals surface area contributed by atoms with E-state index in [4.69, 9.17) is 4.74 Å². The van der Waals surface area contributed by atoms with Crippen molar-refractivity contribution in [1.82, 2.24) is 5.32 Å². The van der Waals surface area contributed by atoms with Crippen molar-refractivity contribution in [3.05, 3.63) is 20.8 Å². The molecular weight excluding hydrogens is 262 g/mol. The van der Waals surface area contributed by atoms with Crippen LogP contribution in [0.5, 0.6) is 0 Å². The fourth-order valence-electron chi connectivity index (χ4n) is 1.18. The number of hydrogen-bond donors (Lipinski definition) is 1. The molecule has 0 amide bonds. The van der Waals surface area contributed by atoms with Crippen molar-refractivity contribution >= 4 is 27.3 Å². The van der Waals surface area contributed by atoms with Crippen molar-refractivity contribution in [2.75, 3.05) is 13.2 Å². The molecule has 1 N–H and O–H groups in total. The lowest BCUT2D eigenvalue weighted by atomic mass is 10.4. The van der Waals surface area contributed by atoms with Crippen molar-refractivity contribution < 1.29 is 4.74 Å². The van der Waals surface area contributed by atoms with E-state index in [1.54, 1.807) is 11.3 Å². The molecule has 1 rings (SSSR count). The third-order valence-electron chi connectivity index (χ3n) is 1.86. The lowest BCUT2D eigenvalue weighted by Crippen LogP contribution is -2.26. The highest BCUT2D eigenvalue weighted by molar-refractivity contribution is 9.10. The van der Waals surface area contributed by atoms with Crippen LogP contribution in [-0.2, 0) is 11.3 Å². The number of thiophene rings is 1. The molecule has 0 radical (unpaired) electrons. The molecule has 1 aromatic rings. The standard InChI is InChI=1S/C10H16BrNOS/c1-3-13-8(2)6-12-7-10-9(11)4-5-14-10/h4-5,8,12H,3,6-7H2,1-2H3. The molecule has 0 saturated heterocycles. The first kappa shape index (κ1) is 12.2. The van der Waals surface area contributed by atoms with Gasteiger partial charge in [0, 0.05) is 29.0 Å². The van der Waals surface area contributed by atoms with E-state index in [0.717, 1.165) is 19.7 Å². The van der Waals surface area contributed by atoms with E-state index < -0.39 is 0 Å². The van der Waals surface area contributed by atoms with Crippen LogP contribution in [0.3, 0.4) is 0 Å². The van der Waals surface area contributed by atoms with Crippen LogP contribution >= 0.6 is 27.3 Å². The molecule has 0 bridgehead atoms. The smallest absolute Gasteiger partial charge is 0.0671 e. The highest BCUT2D eigenvalue weighted by atomic mass is 79.9. The van der Waals surface area contributed by atoms with Crippen molar-refractivity contribution in [2.24, 2.45) is 0 Å². The van der Waals surface area contributed by atoms with E-state index in [9.17, 15) is 0 Å². The van der Waals surface area contributed by atoms with Crippen LogP contribution in [0.1, 0.15) is 18.7 Å². The molecule has 0 spiro atoms. The molecule has 1 heterocycles. The second kappa shape index (κ2) is 6.56. The fraction of sp³-hybridized carbons (Fsp3) is 0.600. The first-order valence-electron chi connectivity index (χ1n) is 4.78. The summed E-state index contributed by atoms with van der Waals surface area (Å²) in [6, 6.07) is 2.08. The average Bonchev–Trinajstić information content (AvgIpc) is 2.52. The fourth-order valence-corrected chi connectivity index (χ4v) is 2.65. The summed E-state index contributed by atoms with van der Waals surface area (Å²) >= 11 is 5.27. The van der Waals surface area contributed by atoms with Gasteiger partial charge in [-0.2, -0.15) is 0 Å². The van der Waals surface area contributed by atoms with Gasteiger partial charge in [-0.15, -0.1) is 11.3 Å². The van der Waals surface area contributed by atoms with Crippen molar-refractivity contribution in [2.45, 2.75) is 26.5 Å². The third-order valence-corrected chi connectivity index (χ3v) is 3.79. The average molecular weight is 278 g/mol. The molecule has 0 saturated carbocycles. The molecule has 0 aliphatic heterocycles. The molecule has 0 aromatic carbocycles. The molecule has 14 heavy (non-hydrogen) atoms. The Hall–Kier alpha value is 0.100. The Morgan fingerprint density at radius 1 is 1.64 bits per heavy atom. The van der Waals surface area contributed by atoms with Crippen LogP contribution in [-0.4, -0.2) is 19.3 Å². The highest BCUT2D eigenvalue weighted by Gasteiger charge is 2.03. The summed E-state index contributed by atoms with van der Waals surface area (Å²) < 4.78 is 6.61. The summed E-state index contributed by atoms with van der Waals surface area (Å²) in [4.78, 5) is 1.34. The second-order valence-corrected chi connectivity index (χ2v) is 4.94. The van der Waals surface area contributed by atoms with Gasteiger partial charge in [0.05, 0.1) is 6.10 Å². The number of nitrogens with one attached hydrogen (secondary N) is 1. The summed E-state index contributed by atoms with van der Waals surface area (Å²) in [6.07, 6.45) is 0.290. The van der Waals surface area contributed by atoms with E-state index in [1.165, 1.54) is 9.35 Å². The minimum atomic E-state index is 0.290. The number of halogens is 1. The van der Waals surface area contributed by atoms with Gasteiger partial charge in [0.25, 0.3) is 0 Å². The van der Waals surface area contributed by atoms with Crippen LogP contribution in [0.15, 0.2) is 15.9 Å². The Morgan fingerprint density at radius 3 is 3.00 bits per heavy atom. The van der Waals surface area contributed by atoms with Crippen LogP contribution < -0.4 is 5.32 Å². The summed E-state index contributed by atoms with van der Waals surface area (Å²) in [5.41, 5.74) is 0. The molecule has 1 aromatic heterocycles. The lowest BCUT2D eigenvalue weighted by molar-refractivity contribution is 0.0760. The number of ether oxygens (including phenoxy) is 1. The molecule has 0 fully saturated rings. The SMILES string of the molecule is CCOC(C)CNCc1sccc1Br. The van der Waals surface area contributed by atoms with Gasteiger partial charge in [-0.05, 0) is 41.2 Å². The predicted molar refractivity (Wildman–Crippen MR) is 64.8 cm³/mol. The quantitative estimate of drug-likeness (QED) is 0.863. The van der Waals surface area contributed by atoms with E-state index in [-0.39, 0.29) is 0 Å². The van der Waals surface area contributed by atoms with Crippen molar-refractivity contribution in [1.29, 1.82) is 0 Å². The Labute approximate surface area is 97.8 Å². The third kappa shape index (κ3) is 4.09. The number of rotatable bonds is 6. The summed E-state index contributed by atoms with van der Waals surface area (Å²) in [6.45, 7) is 6.70. The largest absolute Gasteiger partial charge is 0.377 e. The summed E-state index contributed by atoms with van der Waals surface area (Å²) in [5, 5.41) is 5.46. The van der Waals surface area contributed by atoms with Gasteiger partial charge in [0.15, 0.2) is 0 Å². The van der Waals surface area contributed by atoms with E-state index in [1.807, 2.05) is 6.92 Å². The zero-order valence-electron chi connectivity index (χ0n) is 8.55. The van der Waals surface area contributed by atoms with E-state index >= 15 is 0 Å². The molecular formula is C10H16BrNOS. The van der Waals surface area contributed by atoms with E-state index in [0.29, 0.717) is 6.10 Å². The molecule has 80 valence electrons. The molecule has 0 aliphatic rings. The minimum absolute atomic E-state index is 0.290. The summed E-state index contributed by atoms with van der Waals surface area (Å²) in [5.74, 6) is 0. The molecule has 1 atom stereocenters. The zero-order chi connectivity index (χ0) is 10.4.